The first kappa shape index (κ1) is 24.0. The highest BCUT2D eigenvalue weighted by atomic mass is 32.2. The van der Waals surface area contributed by atoms with Crippen LogP contribution >= 0.6 is 0 Å². The van der Waals surface area contributed by atoms with Crippen LogP contribution in [0.1, 0.15) is 62.3 Å². The molecule has 1 amide bonds. The van der Waals surface area contributed by atoms with Crippen molar-refractivity contribution in [3.8, 4) is 0 Å². The van der Waals surface area contributed by atoms with Crippen molar-refractivity contribution in [3.63, 3.8) is 0 Å². The summed E-state index contributed by atoms with van der Waals surface area (Å²) >= 11 is 0. The molecular weight excluding hydrogens is 462 g/mol. The van der Waals surface area contributed by atoms with E-state index in [2.05, 4.69) is 4.98 Å². The van der Waals surface area contributed by atoms with E-state index in [4.69, 9.17) is 4.42 Å². The number of piperidine rings is 1. The highest BCUT2D eigenvalue weighted by Crippen LogP contribution is 2.30. The van der Waals surface area contributed by atoms with Gasteiger partial charge in [-0.2, -0.15) is 4.31 Å². The van der Waals surface area contributed by atoms with Gasteiger partial charge in [-0.3, -0.25) is 4.79 Å². The Morgan fingerprint density at radius 2 is 1.60 bits per heavy atom. The first-order chi connectivity index (χ1) is 17.0. The van der Waals surface area contributed by atoms with Gasteiger partial charge in [-0.1, -0.05) is 37.1 Å². The van der Waals surface area contributed by atoms with Crippen LogP contribution in [0.3, 0.4) is 0 Å². The van der Waals surface area contributed by atoms with Crippen LogP contribution in [-0.2, 0) is 21.2 Å². The number of carbonyl (C=O) groups is 1. The zero-order valence-electron chi connectivity index (χ0n) is 20.1. The second kappa shape index (κ2) is 10.5. The Labute approximate surface area is 207 Å². The van der Waals surface area contributed by atoms with Gasteiger partial charge in [-0.15, -0.1) is 0 Å². The topological polar surface area (TPSA) is 83.7 Å². The third-order valence-corrected chi connectivity index (χ3v) is 9.17. The van der Waals surface area contributed by atoms with Gasteiger partial charge in [-0.05, 0) is 61.9 Å². The molecule has 0 bridgehead atoms. The maximum atomic E-state index is 13.0. The fourth-order valence-corrected chi connectivity index (χ4v) is 6.63. The summed E-state index contributed by atoms with van der Waals surface area (Å²) in [6.45, 7) is 2.61. The van der Waals surface area contributed by atoms with Crippen molar-refractivity contribution < 1.29 is 17.6 Å². The quantitative estimate of drug-likeness (QED) is 0.494. The minimum atomic E-state index is -3.44. The van der Waals surface area contributed by atoms with Crippen molar-refractivity contribution in [2.45, 2.75) is 62.2 Å². The van der Waals surface area contributed by atoms with Crippen LogP contribution in [0.2, 0.25) is 0 Å². The first-order valence-electron chi connectivity index (χ1n) is 12.7. The molecule has 35 heavy (non-hydrogen) atoms. The van der Waals surface area contributed by atoms with Crippen molar-refractivity contribution in [3.05, 3.63) is 60.0 Å². The van der Waals surface area contributed by atoms with Crippen molar-refractivity contribution in [2.75, 3.05) is 26.2 Å². The van der Waals surface area contributed by atoms with Gasteiger partial charge in [0.1, 0.15) is 5.52 Å². The molecule has 1 aromatic heterocycles. The lowest BCUT2D eigenvalue weighted by molar-refractivity contribution is -0.132. The number of hydrogen-bond donors (Lipinski definition) is 0. The van der Waals surface area contributed by atoms with Gasteiger partial charge in [0.2, 0.25) is 15.9 Å². The molecule has 0 atom stereocenters. The molecule has 0 spiro atoms. The summed E-state index contributed by atoms with van der Waals surface area (Å²) in [5, 5.41) is 0. The van der Waals surface area contributed by atoms with Crippen LogP contribution in [0.15, 0.2) is 57.8 Å². The molecule has 5 rings (SSSR count). The minimum Gasteiger partial charge on any atom is -0.440 e. The molecule has 0 radical (unpaired) electrons. The van der Waals surface area contributed by atoms with Gasteiger partial charge < -0.3 is 9.32 Å². The van der Waals surface area contributed by atoms with Crippen LogP contribution in [0.4, 0.5) is 0 Å². The number of oxazole rings is 1. The highest BCUT2D eigenvalue weighted by Gasteiger charge is 2.27. The number of amides is 1. The lowest BCUT2D eigenvalue weighted by Gasteiger charge is -2.30. The van der Waals surface area contributed by atoms with E-state index in [1.807, 2.05) is 41.3 Å². The molecule has 3 aromatic rings. The number of hydrogen-bond acceptors (Lipinski definition) is 5. The van der Waals surface area contributed by atoms with Gasteiger partial charge >= 0.3 is 0 Å². The Morgan fingerprint density at radius 3 is 2.29 bits per heavy atom. The minimum absolute atomic E-state index is 0.141. The van der Waals surface area contributed by atoms with E-state index in [0.717, 1.165) is 61.1 Å². The van der Waals surface area contributed by atoms with Gasteiger partial charge in [0, 0.05) is 38.5 Å². The second-order valence-corrected chi connectivity index (χ2v) is 11.6. The van der Waals surface area contributed by atoms with Crippen molar-refractivity contribution in [2.24, 2.45) is 0 Å². The molecular formula is C27H33N3O4S. The lowest BCUT2D eigenvalue weighted by Crippen LogP contribution is -2.38. The summed E-state index contributed by atoms with van der Waals surface area (Å²) in [6.07, 6.45) is 6.75. The number of aromatic nitrogens is 1. The maximum Gasteiger partial charge on any atom is 0.243 e. The summed E-state index contributed by atoms with van der Waals surface area (Å²) < 4.78 is 33.5. The van der Waals surface area contributed by atoms with E-state index in [1.54, 1.807) is 16.4 Å². The molecule has 0 unspecified atom stereocenters. The first-order valence-corrected chi connectivity index (χ1v) is 14.2. The molecule has 0 aliphatic carbocycles. The predicted molar refractivity (Wildman–Crippen MR) is 135 cm³/mol. The Morgan fingerprint density at radius 1 is 0.914 bits per heavy atom. The van der Waals surface area contributed by atoms with Gasteiger partial charge in [0.25, 0.3) is 0 Å². The zero-order chi connectivity index (χ0) is 24.3. The third-order valence-electron chi connectivity index (χ3n) is 7.26. The number of likely N-dealkylation sites (tertiary alicyclic amines) is 1. The number of benzene rings is 2. The number of para-hydroxylation sites is 2. The summed E-state index contributed by atoms with van der Waals surface area (Å²) in [6, 6.07) is 14.9. The molecule has 0 saturated carbocycles. The SMILES string of the molecule is O=C(CCc1ccc(S(=O)(=O)N2CCCCCC2)cc1)N1CCC(c2nc3ccccc3o2)CC1. The lowest BCUT2D eigenvalue weighted by atomic mass is 9.96. The van der Waals surface area contributed by atoms with E-state index in [1.165, 1.54) is 0 Å². The predicted octanol–water partition coefficient (Wildman–Crippen LogP) is 4.73. The monoisotopic (exact) mass is 495 g/mol. The van der Waals surface area contributed by atoms with E-state index < -0.39 is 10.0 Å². The summed E-state index contributed by atoms with van der Waals surface area (Å²) in [5.41, 5.74) is 2.67. The maximum absolute atomic E-state index is 13.0. The number of carbonyl (C=O) groups excluding carboxylic acids is 1. The number of aryl methyl sites for hydroxylation is 1. The Kier molecular flexibility index (Phi) is 7.20. The van der Waals surface area contributed by atoms with Crippen LogP contribution in [0, 0.1) is 0 Å². The van der Waals surface area contributed by atoms with E-state index >= 15 is 0 Å². The third kappa shape index (κ3) is 5.43. The summed E-state index contributed by atoms with van der Waals surface area (Å²) in [7, 11) is -3.44. The van der Waals surface area contributed by atoms with E-state index in [0.29, 0.717) is 43.9 Å². The highest BCUT2D eigenvalue weighted by molar-refractivity contribution is 7.89. The number of nitrogens with zero attached hydrogens (tertiary/aromatic N) is 3. The second-order valence-electron chi connectivity index (χ2n) is 9.64. The molecule has 0 N–H and O–H groups in total. The largest absolute Gasteiger partial charge is 0.440 e. The van der Waals surface area contributed by atoms with Crippen molar-refractivity contribution >= 4 is 27.0 Å². The average Bonchev–Trinajstić information content (AvgIpc) is 3.12. The molecule has 2 saturated heterocycles. The molecule has 7 nitrogen and oxygen atoms in total. The van der Waals surface area contributed by atoms with Crippen LogP contribution in [-0.4, -0.2) is 54.7 Å². The standard InChI is InChI=1S/C27H33N3O4S/c31-26(29-19-15-22(16-20-29)27-28-24-7-3-4-8-25(24)34-27)14-11-21-9-12-23(13-10-21)35(32,33)30-17-5-1-2-6-18-30/h3-4,7-10,12-13,22H,1-2,5-6,11,14-20H2. The van der Waals surface area contributed by atoms with Crippen LogP contribution < -0.4 is 0 Å². The number of sulfonamides is 1. The fourth-order valence-electron chi connectivity index (χ4n) is 5.11. The van der Waals surface area contributed by atoms with Gasteiger partial charge in [0.05, 0.1) is 4.90 Å². The van der Waals surface area contributed by atoms with Crippen LogP contribution in [0.25, 0.3) is 11.1 Å². The smallest absolute Gasteiger partial charge is 0.243 e. The molecule has 2 fully saturated rings. The Bertz CT molecular complexity index is 1220. The fraction of sp³-hybridized carbons (Fsp3) is 0.481. The van der Waals surface area contributed by atoms with E-state index in [-0.39, 0.29) is 11.8 Å². The molecule has 3 heterocycles. The Hall–Kier alpha value is -2.71. The van der Waals surface area contributed by atoms with Crippen molar-refractivity contribution in [1.82, 2.24) is 14.2 Å². The number of rotatable bonds is 6. The summed E-state index contributed by atoms with van der Waals surface area (Å²) in [4.78, 5) is 19.7. The summed E-state index contributed by atoms with van der Waals surface area (Å²) in [5.74, 6) is 1.15. The normalized spacial score (nSPS) is 18.6. The molecule has 2 aliphatic heterocycles. The van der Waals surface area contributed by atoms with Gasteiger partial charge in [0.15, 0.2) is 11.5 Å². The van der Waals surface area contributed by atoms with Crippen LogP contribution in [0.5, 0.6) is 0 Å². The molecule has 2 aliphatic rings. The van der Waals surface area contributed by atoms with Gasteiger partial charge in [-0.25, -0.2) is 13.4 Å². The number of fused-ring (bicyclic) bond motifs is 1. The molecule has 2 aromatic carbocycles. The van der Waals surface area contributed by atoms with E-state index in [9.17, 15) is 13.2 Å². The molecule has 186 valence electrons. The average molecular weight is 496 g/mol. The zero-order valence-corrected chi connectivity index (χ0v) is 20.9. The molecule has 8 heteroatoms. The Balaban J connectivity index is 1.12. The van der Waals surface area contributed by atoms with Crippen molar-refractivity contribution in [1.29, 1.82) is 0 Å².